The molecule has 2 N–H and O–H groups in total. The lowest BCUT2D eigenvalue weighted by molar-refractivity contribution is 0.251. The fraction of sp³-hybridized carbons (Fsp3) is 0.273. The Kier molecular flexibility index (Phi) is 5.91. The number of hydrogen-bond acceptors (Lipinski definition) is 2. The molecule has 1 aromatic heterocycles. The van der Waals surface area contributed by atoms with E-state index in [0.717, 1.165) is 41.2 Å². The van der Waals surface area contributed by atoms with Gasteiger partial charge in [0.2, 0.25) is 0 Å². The van der Waals surface area contributed by atoms with Crippen LogP contribution in [0.15, 0.2) is 54.6 Å². The number of nitrogens with zero attached hydrogens (tertiary/aromatic N) is 2. The molecule has 0 fully saturated rings. The number of aryl methyl sites for hydroxylation is 2. The van der Waals surface area contributed by atoms with Crippen LogP contribution in [0, 0.1) is 13.8 Å². The highest BCUT2D eigenvalue weighted by Crippen LogP contribution is 2.17. The summed E-state index contributed by atoms with van der Waals surface area (Å²) in [5.74, 6) is 0. The average molecular weight is 362 g/mol. The molecule has 0 bridgehead atoms. The molecule has 2 aromatic carbocycles. The van der Waals surface area contributed by atoms with Crippen LogP contribution in [0.3, 0.4) is 0 Å². The molecule has 0 aliphatic carbocycles. The number of anilines is 1. The minimum absolute atomic E-state index is 0.203. The van der Waals surface area contributed by atoms with E-state index in [1.54, 1.807) is 0 Å². The van der Waals surface area contributed by atoms with Gasteiger partial charge < -0.3 is 10.6 Å². The Morgan fingerprint density at radius 2 is 1.74 bits per heavy atom. The Hall–Kier alpha value is -3.08. The normalized spacial score (nSPS) is 10.6. The first-order chi connectivity index (χ1) is 13.1. The van der Waals surface area contributed by atoms with E-state index in [1.807, 2.05) is 61.0 Å². The van der Waals surface area contributed by atoms with Gasteiger partial charge >= 0.3 is 6.03 Å². The van der Waals surface area contributed by atoms with Crippen molar-refractivity contribution in [2.45, 2.75) is 40.3 Å². The second-order valence-electron chi connectivity index (χ2n) is 6.61. The van der Waals surface area contributed by atoms with Gasteiger partial charge in [0, 0.05) is 23.5 Å². The van der Waals surface area contributed by atoms with E-state index in [2.05, 4.69) is 34.8 Å². The van der Waals surface area contributed by atoms with Crippen molar-refractivity contribution >= 4 is 11.7 Å². The van der Waals surface area contributed by atoms with Crippen LogP contribution >= 0.6 is 0 Å². The first-order valence-corrected chi connectivity index (χ1v) is 9.28. The Bertz CT molecular complexity index is 915. The largest absolute Gasteiger partial charge is 0.334 e. The minimum Gasteiger partial charge on any atom is -0.334 e. The second kappa shape index (κ2) is 8.54. The summed E-state index contributed by atoms with van der Waals surface area (Å²) in [7, 11) is 0. The molecule has 0 aliphatic rings. The molecule has 5 nitrogen and oxygen atoms in total. The summed E-state index contributed by atoms with van der Waals surface area (Å²) in [4.78, 5) is 12.3. The van der Waals surface area contributed by atoms with Crippen LogP contribution in [0.25, 0.3) is 0 Å². The third kappa shape index (κ3) is 4.56. The van der Waals surface area contributed by atoms with Crippen LogP contribution in [0.5, 0.6) is 0 Å². The van der Waals surface area contributed by atoms with Crippen molar-refractivity contribution < 1.29 is 4.79 Å². The van der Waals surface area contributed by atoms with Crippen LogP contribution < -0.4 is 10.6 Å². The van der Waals surface area contributed by atoms with E-state index in [-0.39, 0.29) is 6.03 Å². The van der Waals surface area contributed by atoms with Gasteiger partial charge in [0.1, 0.15) is 0 Å². The molecule has 0 atom stereocenters. The Labute approximate surface area is 160 Å². The zero-order valence-electron chi connectivity index (χ0n) is 16.1. The molecule has 0 saturated heterocycles. The van der Waals surface area contributed by atoms with Crippen LogP contribution in [-0.4, -0.2) is 15.8 Å². The number of nitrogens with one attached hydrogen (secondary N) is 2. The van der Waals surface area contributed by atoms with Crippen molar-refractivity contribution in [3.63, 3.8) is 0 Å². The van der Waals surface area contributed by atoms with E-state index in [9.17, 15) is 4.79 Å². The fourth-order valence-electron chi connectivity index (χ4n) is 3.19. The quantitative estimate of drug-likeness (QED) is 0.681. The molecule has 2 amide bonds. The average Bonchev–Trinajstić information content (AvgIpc) is 2.94. The van der Waals surface area contributed by atoms with Crippen LogP contribution in [-0.2, 0) is 19.5 Å². The number of carbonyl (C=O) groups is 1. The van der Waals surface area contributed by atoms with Gasteiger partial charge in [-0.2, -0.15) is 5.10 Å². The zero-order chi connectivity index (χ0) is 19.2. The summed E-state index contributed by atoms with van der Waals surface area (Å²) in [5.41, 5.74) is 6.26. The predicted molar refractivity (Wildman–Crippen MR) is 109 cm³/mol. The van der Waals surface area contributed by atoms with Crippen molar-refractivity contribution in [3.8, 4) is 0 Å². The highest BCUT2D eigenvalue weighted by molar-refractivity contribution is 5.90. The van der Waals surface area contributed by atoms with Crippen LogP contribution in [0.1, 0.15) is 35.0 Å². The molecule has 0 aliphatic heterocycles. The smallest absolute Gasteiger partial charge is 0.319 e. The van der Waals surface area contributed by atoms with Gasteiger partial charge in [0.15, 0.2) is 0 Å². The predicted octanol–water partition coefficient (Wildman–Crippen LogP) is 4.43. The van der Waals surface area contributed by atoms with Gasteiger partial charge in [-0.3, -0.25) is 4.68 Å². The highest BCUT2D eigenvalue weighted by Gasteiger charge is 2.13. The number of rotatable bonds is 6. The first kappa shape index (κ1) is 18.7. The van der Waals surface area contributed by atoms with E-state index < -0.39 is 0 Å². The lowest BCUT2D eigenvalue weighted by Gasteiger charge is -2.11. The zero-order valence-corrected chi connectivity index (χ0v) is 16.1. The number of aromatic nitrogens is 2. The van der Waals surface area contributed by atoms with Crippen molar-refractivity contribution in [2.24, 2.45) is 0 Å². The summed E-state index contributed by atoms with van der Waals surface area (Å²) in [6.45, 7) is 7.28. The molecule has 0 spiro atoms. The summed E-state index contributed by atoms with van der Waals surface area (Å²) >= 11 is 0. The van der Waals surface area contributed by atoms with E-state index in [0.29, 0.717) is 6.54 Å². The number of benzene rings is 2. The Balaban J connectivity index is 1.65. The number of urea groups is 1. The van der Waals surface area contributed by atoms with Gasteiger partial charge in [-0.05, 0) is 37.5 Å². The van der Waals surface area contributed by atoms with Gasteiger partial charge in [0.25, 0.3) is 0 Å². The molecule has 1 heterocycles. The molecule has 0 radical (unpaired) electrons. The number of hydrogen-bond donors (Lipinski definition) is 2. The first-order valence-electron chi connectivity index (χ1n) is 9.28. The lowest BCUT2D eigenvalue weighted by atomic mass is 10.1. The molecule has 3 aromatic rings. The summed E-state index contributed by atoms with van der Waals surface area (Å²) in [6, 6.07) is 17.9. The maximum absolute atomic E-state index is 12.3. The molecule has 140 valence electrons. The van der Waals surface area contributed by atoms with E-state index in [4.69, 9.17) is 0 Å². The lowest BCUT2D eigenvalue weighted by Crippen LogP contribution is -2.29. The summed E-state index contributed by atoms with van der Waals surface area (Å²) in [5, 5.41) is 10.5. The molecule has 3 rings (SSSR count). The Morgan fingerprint density at radius 1 is 1.04 bits per heavy atom. The standard InChI is InChI=1S/C22H26N4O/c1-4-19-12-8-9-13-21(19)24-22(27)23-14-20-16(2)25-26(17(20)3)15-18-10-6-5-7-11-18/h5-13H,4,14-15H2,1-3H3,(H2,23,24,27). The summed E-state index contributed by atoms with van der Waals surface area (Å²) < 4.78 is 1.99. The third-order valence-corrected chi connectivity index (χ3v) is 4.78. The minimum atomic E-state index is -0.203. The van der Waals surface area contributed by atoms with Crippen molar-refractivity contribution in [3.05, 3.63) is 82.7 Å². The number of para-hydroxylation sites is 1. The van der Waals surface area contributed by atoms with Gasteiger partial charge in [-0.15, -0.1) is 0 Å². The third-order valence-electron chi connectivity index (χ3n) is 4.78. The number of carbonyl (C=O) groups excluding carboxylic acids is 1. The number of amides is 2. The van der Waals surface area contributed by atoms with Gasteiger partial charge in [-0.25, -0.2) is 4.79 Å². The topological polar surface area (TPSA) is 59.0 Å². The van der Waals surface area contributed by atoms with E-state index in [1.165, 1.54) is 5.56 Å². The SMILES string of the molecule is CCc1ccccc1NC(=O)NCc1c(C)nn(Cc2ccccc2)c1C. The van der Waals surface area contributed by atoms with E-state index >= 15 is 0 Å². The second-order valence-corrected chi connectivity index (χ2v) is 6.61. The van der Waals surface area contributed by atoms with Crippen molar-refractivity contribution in [2.75, 3.05) is 5.32 Å². The molecular weight excluding hydrogens is 336 g/mol. The molecule has 27 heavy (non-hydrogen) atoms. The van der Waals surface area contributed by atoms with Crippen molar-refractivity contribution in [1.29, 1.82) is 0 Å². The maximum Gasteiger partial charge on any atom is 0.319 e. The molecule has 0 saturated carbocycles. The maximum atomic E-state index is 12.3. The highest BCUT2D eigenvalue weighted by atomic mass is 16.2. The van der Waals surface area contributed by atoms with Gasteiger partial charge in [-0.1, -0.05) is 55.5 Å². The molecule has 5 heteroatoms. The van der Waals surface area contributed by atoms with Crippen molar-refractivity contribution in [1.82, 2.24) is 15.1 Å². The molecule has 0 unspecified atom stereocenters. The Morgan fingerprint density at radius 3 is 2.48 bits per heavy atom. The van der Waals surface area contributed by atoms with Gasteiger partial charge in [0.05, 0.1) is 12.2 Å². The molecular formula is C22H26N4O. The van der Waals surface area contributed by atoms with Crippen LogP contribution in [0.4, 0.5) is 10.5 Å². The monoisotopic (exact) mass is 362 g/mol. The van der Waals surface area contributed by atoms with Crippen LogP contribution in [0.2, 0.25) is 0 Å². The summed E-state index contributed by atoms with van der Waals surface area (Å²) in [6.07, 6.45) is 0.876. The fourth-order valence-corrected chi connectivity index (χ4v) is 3.19.